The van der Waals surface area contributed by atoms with Gasteiger partial charge in [-0.2, -0.15) is 4.98 Å². The Morgan fingerprint density at radius 2 is 1.92 bits per heavy atom. The van der Waals surface area contributed by atoms with Crippen molar-refractivity contribution in [2.24, 2.45) is 40.4 Å². The van der Waals surface area contributed by atoms with Crippen LogP contribution in [0.4, 0.5) is 6.01 Å². The van der Waals surface area contributed by atoms with Gasteiger partial charge in [-0.15, -0.1) is 0 Å². The Morgan fingerprint density at radius 3 is 2.66 bits per heavy atom. The number of aliphatic hydroxyl groups excluding tert-OH is 1. The molecule has 2 heterocycles. The lowest BCUT2D eigenvalue weighted by Gasteiger charge is -2.58. The quantitative estimate of drug-likeness (QED) is 0.521. The van der Waals surface area contributed by atoms with E-state index in [1.54, 1.807) is 5.57 Å². The molecule has 7 heteroatoms. The number of rotatable bonds is 5. The lowest BCUT2D eigenvalue weighted by Crippen LogP contribution is -2.51. The molecule has 7 nitrogen and oxygen atoms in total. The van der Waals surface area contributed by atoms with Gasteiger partial charge in [-0.1, -0.05) is 37.6 Å². The Morgan fingerprint density at radius 1 is 1.13 bits per heavy atom. The number of carbonyl (C=O) groups is 1. The minimum atomic E-state index is -0.127. The third-order valence-corrected chi connectivity index (χ3v) is 12.1. The topological polar surface area (TPSA) is 82.7 Å². The second-order valence-electron chi connectivity index (χ2n) is 13.9. The molecular formula is C31H48N4O3. The molecule has 38 heavy (non-hydrogen) atoms. The van der Waals surface area contributed by atoms with Crippen molar-refractivity contribution in [3.8, 4) is 0 Å². The molecule has 1 aromatic heterocycles. The zero-order valence-corrected chi connectivity index (χ0v) is 24.0. The molecule has 1 N–H and O–H groups in total. The van der Waals surface area contributed by atoms with Crippen LogP contribution < -0.4 is 4.90 Å². The highest BCUT2D eigenvalue weighted by Gasteiger charge is 2.59. The van der Waals surface area contributed by atoms with Crippen LogP contribution in [0, 0.1) is 47.3 Å². The van der Waals surface area contributed by atoms with Crippen LogP contribution in [0.5, 0.6) is 0 Å². The van der Waals surface area contributed by atoms with Crippen LogP contribution in [0.2, 0.25) is 0 Å². The van der Waals surface area contributed by atoms with E-state index >= 15 is 0 Å². The van der Waals surface area contributed by atoms with Crippen LogP contribution >= 0.6 is 0 Å². The number of piperazine rings is 1. The molecular weight excluding hydrogens is 476 g/mol. The first kappa shape index (κ1) is 26.3. The maximum Gasteiger partial charge on any atom is 0.324 e. The average molecular weight is 525 g/mol. The van der Waals surface area contributed by atoms with E-state index in [2.05, 4.69) is 41.9 Å². The number of anilines is 1. The number of aryl methyl sites for hydroxylation is 1. The number of allylic oxidation sites excluding steroid dienone is 1. The first-order valence-electron chi connectivity index (χ1n) is 15.4. The summed E-state index contributed by atoms with van der Waals surface area (Å²) in [6, 6.07) is 0.571. The van der Waals surface area contributed by atoms with Gasteiger partial charge in [0.2, 0.25) is 5.91 Å². The predicted molar refractivity (Wildman–Crippen MR) is 147 cm³/mol. The monoisotopic (exact) mass is 524 g/mol. The Kier molecular flexibility index (Phi) is 6.89. The van der Waals surface area contributed by atoms with Crippen LogP contribution in [0.1, 0.15) is 90.8 Å². The van der Waals surface area contributed by atoms with Gasteiger partial charge >= 0.3 is 6.01 Å². The van der Waals surface area contributed by atoms with Gasteiger partial charge in [0.05, 0.1) is 6.10 Å². The molecule has 1 aromatic rings. The van der Waals surface area contributed by atoms with Crippen molar-refractivity contribution >= 4 is 11.9 Å². The molecule has 0 bridgehead atoms. The fourth-order valence-electron chi connectivity index (χ4n) is 9.89. The minimum Gasteiger partial charge on any atom is -0.393 e. The van der Waals surface area contributed by atoms with Crippen LogP contribution in [0.3, 0.4) is 0 Å². The number of aliphatic hydroxyl groups is 1. The number of amides is 1. The van der Waals surface area contributed by atoms with Gasteiger partial charge in [0, 0.05) is 32.6 Å². The smallest absolute Gasteiger partial charge is 0.324 e. The fraction of sp³-hybridized carbons (Fsp3) is 0.839. The molecule has 3 saturated carbocycles. The summed E-state index contributed by atoms with van der Waals surface area (Å²) in [4.78, 5) is 21.6. The summed E-state index contributed by atoms with van der Waals surface area (Å²) >= 11 is 0. The zero-order valence-electron chi connectivity index (χ0n) is 24.0. The number of fused-ring (bicyclic) bond motifs is 5. The SMILES string of the molecule is Cc1noc(N2CCN(C(=O)CCC(C)[C@H]3CC[C@H]4[C@@H]5CC=C6C[C@@H](O)CC[C@]6(C)[C@H]5CC[C@]34C)CC2)n1. The molecule has 210 valence electrons. The number of nitrogens with zero attached hydrogens (tertiary/aromatic N) is 4. The third kappa shape index (κ3) is 4.41. The molecule has 0 radical (unpaired) electrons. The van der Waals surface area contributed by atoms with Gasteiger partial charge in [0.1, 0.15) is 0 Å². The van der Waals surface area contributed by atoms with E-state index < -0.39 is 0 Å². The van der Waals surface area contributed by atoms with Crippen molar-refractivity contribution in [2.45, 2.75) is 98.0 Å². The molecule has 1 unspecified atom stereocenters. The summed E-state index contributed by atoms with van der Waals surface area (Å²) in [5.41, 5.74) is 2.29. The highest BCUT2D eigenvalue weighted by molar-refractivity contribution is 5.76. The normalized spacial score (nSPS) is 39.7. The fourth-order valence-corrected chi connectivity index (χ4v) is 9.89. The summed E-state index contributed by atoms with van der Waals surface area (Å²) in [5.74, 6) is 4.67. The first-order valence-corrected chi connectivity index (χ1v) is 15.4. The standard InChI is InChI=1S/C31H48N4O3/c1-20(5-10-28(37)34-15-17-35(18-16-34)29-32-21(2)33-38-29)25-8-9-26-24-7-6-22-19-23(36)11-13-30(22,3)27(24)12-14-31(25,26)4/h6,20,23-27,36H,5,7-19H2,1-4H3/t20?,23-,24-,25+,26-,27-,30-,31+/m0/s1. The largest absolute Gasteiger partial charge is 0.393 e. The zero-order chi connectivity index (χ0) is 26.7. The molecule has 6 rings (SSSR count). The van der Waals surface area contributed by atoms with E-state index in [0.29, 0.717) is 40.9 Å². The highest BCUT2D eigenvalue weighted by Crippen LogP contribution is 2.67. The lowest BCUT2D eigenvalue weighted by atomic mass is 9.47. The van der Waals surface area contributed by atoms with Crippen molar-refractivity contribution in [1.29, 1.82) is 0 Å². The Bertz CT molecular complexity index is 1060. The molecule has 0 spiro atoms. The Hall–Kier alpha value is -1.89. The minimum absolute atomic E-state index is 0.127. The Balaban J connectivity index is 1.04. The molecule has 1 saturated heterocycles. The highest BCUT2D eigenvalue weighted by atomic mass is 16.5. The van der Waals surface area contributed by atoms with Crippen LogP contribution in [0.15, 0.2) is 16.2 Å². The summed E-state index contributed by atoms with van der Waals surface area (Å²) in [6.45, 7) is 12.3. The maximum atomic E-state index is 13.1. The second-order valence-corrected chi connectivity index (χ2v) is 13.9. The van der Waals surface area contributed by atoms with E-state index in [4.69, 9.17) is 4.52 Å². The van der Waals surface area contributed by atoms with E-state index in [1.165, 1.54) is 32.1 Å². The number of carbonyl (C=O) groups excluding carboxylic acids is 1. The summed E-state index contributed by atoms with van der Waals surface area (Å²) in [6.07, 6.45) is 13.7. The summed E-state index contributed by atoms with van der Waals surface area (Å²) in [7, 11) is 0. The number of hydrogen-bond acceptors (Lipinski definition) is 6. The number of hydrogen-bond donors (Lipinski definition) is 1. The van der Waals surface area contributed by atoms with Crippen molar-refractivity contribution in [1.82, 2.24) is 15.0 Å². The predicted octanol–water partition coefficient (Wildman–Crippen LogP) is 5.38. The lowest BCUT2D eigenvalue weighted by molar-refractivity contribution is -0.132. The van der Waals surface area contributed by atoms with Gasteiger partial charge < -0.3 is 19.4 Å². The van der Waals surface area contributed by atoms with Crippen molar-refractivity contribution in [2.75, 3.05) is 31.1 Å². The molecule has 1 aliphatic heterocycles. The van der Waals surface area contributed by atoms with Crippen LogP contribution in [-0.2, 0) is 4.79 Å². The summed E-state index contributed by atoms with van der Waals surface area (Å²) in [5, 5.41) is 14.2. The first-order chi connectivity index (χ1) is 18.2. The third-order valence-electron chi connectivity index (χ3n) is 12.1. The molecule has 4 aliphatic carbocycles. The van der Waals surface area contributed by atoms with Crippen LogP contribution in [0.25, 0.3) is 0 Å². The van der Waals surface area contributed by atoms with Gasteiger partial charge in [0.15, 0.2) is 5.82 Å². The van der Waals surface area contributed by atoms with Gasteiger partial charge in [0.25, 0.3) is 0 Å². The molecule has 0 aromatic carbocycles. The van der Waals surface area contributed by atoms with Crippen molar-refractivity contribution in [3.63, 3.8) is 0 Å². The van der Waals surface area contributed by atoms with E-state index in [9.17, 15) is 9.90 Å². The number of aromatic nitrogens is 2. The van der Waals surface area contributed by atoms with Crippen LogP contribution in [-0.4, -0.2) is 58.3 Å². The molecule has 8 atom stereocenters. The van der Waals surface area contributed by atoms with E-state index in [0.717, 1.165) is 75.5 Å². The Labute approximate surface area is 228 Å². The van der Waals surface area contributed by atoms with Gasteiger partial charge in [-0.25, -0.2) is 0 Å². The molecule has 5 aliphatic rings. The summed E-state index contributed by atoms with van der Waals surface area (Å²) < 4.78 is 5.31. The van der Waals surface area contributed by atoms with E-state index in [1.807, 2.05) is 11.8 Å². The van der Waals surface area contributed by atoms with Gasteiger partial charge in [-0.05, 0) is 105 Å². The van der Waals surface area contributed by atoms with Crippen molar-refractivity contribution in [3.05, 3.63) is 17.5 Å². The molecule has 1 amide bonds. The van der Waals surface area contributed by atoms with Crippen molar-refractivity contribution < 1.29 is 14.4 Å². The molecule has 4 fully saturated rings. The van der Waals surface area contributed by atoms with Gasteiger partial charge in [-0.3, -0.25) is 4.79 Å². The second kappa shape index (κ2) is 9.94. The van der Waals surface area contributed by atoms with E-state index in [-0.39, 0.29) is 6.10 Å². The maximum absolute atomic E-state index is 13.1. The average Bonchev–Trinajstić information content (AvgIpc) is 3.50.